The number of likely N-dealkylation sites (N-methyl/N-ethyl adjacent to an activating group) is 1. The van der Waals surface area contributed by atoms with Gasteiger partial charge in [0.25, 0.3) is 0 Å². The van der Waals surface area contributed by atoms with Crippen LogP contribution in [0.1, 0.15) is 18.5 Å². The average molecular weight is 187 g/mol. The lowest BCUT2D eigenvalue weighted by molar-refractivity contribution is 0.337. The SMILES string of the molecule is C=C=C(C)C(c1ccccc1)N(C)C. The van der Waals surface area contributed by atoms with Gasteiger partial charge in [0.15, 0.2) is 0 Å². The fourth-order valence-electron chi connectivity index (χ4n) is 1.67. The molecule has 1 rings (SSSR count). The number of benzene rings is 1. The Morgan fingerprint density at radius 3 is 2.29 bits per heavy atom. The predicted molar refractivity (Wildman–Crippen MR) is 61.2 cm³/mol. The van der Waals surface area contributed by atoms with E-state index >= 15 is 0 Å². The Hall–Kier alpha value is -1.30. The predicted octanol–water partition coefficient (Wildman–Crippen LogP) is 3.02. The first kappa shape index (κ1) is 10.8. The highest BCUT2D eigenvalue weighted by molar-refractivity contribution is 5.26. The number of hydrogen-bond acceptors (Lipinski definition) is 1. The van der Waals surface area contributed by atoms with Gasteiger partial charge in [0.05, 0.1) is 6.04 Å². The molecule has 1 nitrogen and oxygen atoms in total. The second-order valence-corrected chi connectivity index (χ2v) is 3.64. The summed E-state index contributed by atoms with van der Waals surface area (Å²) in [5.74, 6) is 0. The van der Waals surface area contributed by atoms with Crippen molar-refractivity contribution in [3.63, 3.8) is 0 Å². The van der Waals surface area contributed by atoms with Crippen LogP contribution in [-0.4, -0.2) is 19.0 Å². The molecule has 1 heteroatoms. The van der Waals surface area contributed by atoms with Crippen molar-refractivity contribution in [1.29, 1.82) is 0 Å². The second kappa shape index (κ2) is 4.80. The minimum Gasteiger partial charge on any atom is -0.298 e. The first-order chi connectivity index (χ1) is 6.66. The van der Waals surface area contributed by atoms with Crippen LogP contribution in [-0.2, 0) is 0 Å². The van der Waals surface area contributed by atoms with Crippen LogP contribution >= 0.6 is 0 Å². The molecule has 14 heavy (non-hydrogen) atoms. The van der Waals surface area contributed by atoms with Gasteiger partial charge in [-0.3, -0.25) is 4.90 Å². The molecule has 0 aliphatic heterocycles. The Labute approximate surface area is 86.4 Å². The largest absolute Gasteiger partial charge is 0.298 e. The third-order valence-corrected chi connectivity index (χ3v) is 2.32. The smallest absolute Gasteiger partial charge is 0.0628 e. The molecular weight excluding hydrogens is 170 g/mol. The zero-order valence-corrected chi connectivity index (χ0v) is 9.12. The lowest BCUT2D eigenvalue weighted by atomic mass is 10.00. The van der Waals surface area contributed by atoms with Gasteiger partial charge in [-0.25, -0.2) is 0 Å². The highest BCUT2D eigenvalue weighted by Gasteiger charge is 2.14. The van der Waals surface area contributed by atoms with E-state index in [9.17, 15) is 0 Å². The zero-order valence-electron chi connectivity index (χ0n) is 9.12. The topological polar surface area (TPSA) is 3.24 Å². The third kappa shape index (κ3) is 2.35. The first-order valence-electron chi connectivity index (χ1n) is 4.74. The molecule has 1 unspecified atom stereocenters. The third-order valence-electron chi connectivity index (χ3n) is 2.32. The maximum absolute atomic E-state index is 3.70. The van der Waals surface area contributed by atoms with Crippen molar-refractivity contribution in [1.82, 2.24) is 4.90 Å². The summed E-state index contributed by atoms with van der Waals surface area (Å²) in [6, 6.07) is 10.7. The highest BCUT2D eigenvalue weighted by Crippen LogP contribution is 2.24. The second-order valence-electron chi connectivity index (χ2n) is 3.64. The Bertz CT molecular complexity index is 332. The van der Waals surface area contributed by atoms with E-state index < -0.39 is 0 Å². The molecule has 0 bridgehead atoms. The summed E-state index contributed by atoms with van der Waals surface area (Å²) in [5.41, 5.74) is 5.41. The van der Waals surface area contributed by atoms with Crippen molar-refractivity contribution < 1.29 is 0 Å². The molecule has 0 saturated heterocycles. The minimum absolute atomic E-state index is 0.286. The van der Waals surface area contributed by atoms with Crippen LogP contribution < -0.4 is 0 Å². The van der Waals surface area contributed by atoms with Crippen LogP contribution in [0.3, 0.4) is 0 Å². The van der Waals surface area contributed by atoms with Gasteiger partial charge in [-0.2, -0.15) is 0 Å². The fourth-order valence-corrected chi connectivity index (χ4v) is 1.67. The molecule has 74 valence electrons. The molecule has 0 amide bonds. The fraction of sp³-hybridized carbons (Fsp3) is 0.308. The van der Waals surface area contributed by atoms with E-state index in [0.29, 0.717) is 0 Å². The van der Waals surface area contributed by atoms with E-state index in [2.05, 4.69) is 62.5 Å². The molecule has 0 heterocycles. The molecule has 1 atom stereocenters. The summed E-state index contributed by atoms with van der Waals surface area (Å²) >= 11 is 0. The van der Waals surface area contributed by atoms with E-state index in [1.54, 1.807) is 0 Å². The molecule has 0 aromatic heterocycles. The van der Waals surface area contributed by atoms with E-state index in [4.69, 9.17) is 0 Å². The molecule has 0 saturated carbocycles. The van der Waals surface area contributed by atoms with Gasteiger partial charge in [-0.05, 0) is 32.2 Å². The summed E-state index contributed by atoms with van der Waals surface area (Å²) < 4.78 is 0. The molecule has 0 fully saturated rings. The Kier molecular flexibility index (Phi) is 3.70. The first-order valence-corrected chi connectivity index (χ1v) is 4.74. The van der Waals surface area contributed by atoms with Crippen molar-refractivity contribution in [2.75, 3.05) is 14.1 Å². The monoisotopic (exact) mass is 187 g/mol. The normalized spacial score (nSPS) is 12.3. The molecule has 1 aromatic carbocycles. The molecule has 0 spiro atoms. The van der Waals surface area contributed by atoms with Gasteiger partial charge in [0, 0.05) is 0 Å². The lowest BCUT2D eigenvalue weighted by Crippen LogP contribution is -2.20. The van der Waals surface area contributed by atoms with Crippen LogP contribution in [0.4, 0.5) is 0 Å². The molecule has 0 N–H and O–H groups in total. The Morgan fingerprint density at radius 2 is 1.86 bits per heavy atom. The van der Waals surface area contributed by atoms with E-state index in [1.807, 2.05) is 6.07 Å². The Balaban J connectivity index is 3.07. The van der Waals surface area contributed by atoms with Crippen LogP contribution in [0.15, 0.2) is 48.2 Å². The summed E-state index contributed by atoms with van der Waals surface area (Å²) in [6.07, 6.45) is 0. The number of rotatable bonds is 3. The Morgan fingerprint density at radius 1 is 1.29 bits per heavy atom. The minimum atomic E-state index is 0.286. The number of hydrogen-bond donors (Lipinski definition) is 0. The van der Waals surface area contributed by atoms with Gasteiger partial charge in [-0.1, -0.05) is 36.9 Å². The van der Waals surface area contributed by atoms with Crippen LogP contribution in [0.5, 0.6) is 0 Å². The maximum atomic E-state index is 3.70. The summed E-state index contributed by atoms with van der Waals surface area (Å²) in [7, 11) is 4.14. The van der Waals surface area contributed by atoms with Gasteiger partial charge < -0.3 is 0 Å². The summed E-state index contributed by atoms with van der Waals surface area (Å²) in [4.78, 5) is 2.17. The van der Waals surface area contributed by atoms with Crippen molar-refractivity contribution in [3.05, 3.63) is 53.8 Å². The van der Waals surface area contributed by atoms with E-state index in [1.165, 1.54) is 5.56 Å². The molecule has 0 aliphatic rings. The van der Waals surface area contributed by atoms with Crippen molar-refractivity contribution in [2.45, 2.75) is 13.0 Å². The van der Waals surface area contributed by atoms with Crippen LogP contribution in [0.2, 0.25) is 0 Å². The summed E-state index contributed by atoms with van der Waals surface area (Å²) in [5, 5.41) is 0. The molecule has 1 aromatic rings. The average Bonchev–Trinajstić information content (AvgIpc) is 2.19. The van der Waals surface area contributed by atoms with Crippen molar-refractivity contribution in [2.24, 2.45) is 0 Å². The van der Waals surface area contributed by atoms with Crippen LogP contribution in [0.25, 0.3) is 0 Å². The zero-order chi connectivity index (χ0) is 10.6. The maximum Gasteiger partial charge on any atom is 0.0628 e. The molecule has 0 aliphatic carbocycles. The quantitative estimate of drug-likeness (QED) is 0.657. The van der Waals surface area contributed by atoms with Crippen molar-refractivity contribution >= 4 is 0 Å². The van der Waals surface area contributed by atoms with Crippen LogP contribution in [0, 0.1) is 0 Å². The summed E-state index contributed by atoms with van der Waals surface area (Å²) in [6.45, 7) is 5.76. The molecule has 0 radical (unpaired) electrons. The van der Waals surface area contributed by atoms with Gasteiger partial charge in [0.2, 0.25) is 0 Å². The number of nitrogens with zero attached hydrogens (tertiary/aromatic N) is 1. The van der Waals surface area contributed by atoms with E-state index in [0.717, 1.165) is 5.57 Å². The van der Waals surface area contributed by atoms with E-state index in [-0.39, 0.29) is 6.04 Å². The molecular formula is C13H17N. The van der Waals surface area contributed by atoms with Gasteiger partial charge in [0.1, 0.15) is 0 Å². The van der Waals surface area contributed by atoms with Gasteiger partial charge in [-0.15, -0.1) is 5.73 Å². The van der Waals surface area contributed by atoms with Crippen molar-refractivity contribution in [3.8, 4) is 0 Å². The lowest BCUT2D eigenvalue weighted by Gasteiger charge is -2.24. The standard InChI is InChI=1S/C13H17N/c1-5-11(2)13(14(3)4)12-9-7-6-8-10-12/h6-10,13H,1H2,2-4H3. The van der Waals surface area contributed by atoms with Gasteiger partial charge >= 0.3 is 0 Å². The highest BCUT2D eigenvalue weighted by atomic mass is 15.1.